The summed E-state index contributed by atoms with van der Waals surface area (Å²) < 4.78 is 12.5. The normalized spacial score (nSPS) is 17.1. The van der Waals surface area contributed by atoms with E-state index in [0.29, 0.717) is 28.6 Å². The molecule has 0 aromatic heterocycles. The fraction of sp³-hybridized carbons (Fsp3) is 0.320. The van der Waals surface area contributed by atoms with Crippen LogP contribution in [0, 0.1) is 3.57 Å². The molecule has 3 amide bonds. The number of thioether (sulfide) groups is 1. The molecule has 2 saturated heterocycles. The number of halogens is 1. The summed E-state index contributed by atoms with van der Waals surface area (Å²) in [6, 6.07) is 13.0. The lowest BCUT2D eigenvalue weighted by atomic mass is 10.1. The first kappa shape index (κ1) is 24.6. The van der Waals surface area contributed by atoms with Gasteiger partial charge in [-0.25, -0.2) is 0 Å². The van der Waals surface area contributed by atoms with Crippen LogP contribution in [0.5, 0.6) is 11.5 Å². The first-order valence-electron chi connectivity index (χ1n) is 11.1. The molecule has 4 rings (SSSR count). The number of benzene rings is 2. The molecule has 7 nitrogen and oxygen atoms in total. The minimum atomic E-state index is -0.317. The molecule has 9 heteroatoms. The molecule has 2 aliphatic heterocycles. The maximum absolute atomic E-state index is 12.9. The largest absolute Gasteiger partial charge is 0.490 e. The van der Waals surface area contributed by atoms with Crippen LogP contribution in [-0.4, -0.2) is 53.2 Å². The summed E-state index contributed by atoms with van der Waals surface area (Å²) in [7, 11) is 0. The zero-order chi connectivity index (χ0) is 24.1. The van der Waals surface area contributed by atoms with Gasteiger partial charge in [-0.05, 0) is 95.6 Å². The Kier molecular flexibility index (Phi) is 8.15. The third-order valence-electron chi connectivity index (χ3n) is 5.50. The molecule has 2 heterocycles. The highest BCUT2D eigenvalue weighted by molar-refractivity contribution is 14.1. The Morgan fingerprint density at radius 3 is 2.50 bits per heavy atom. The van der Waals surface area contributed by atoms with Crippen molar-refractivity contribution < 1.29 is 23.9 Å². The highest BCUT2D eigenvalue weighted by Crippen LogP contribution is 2.35. The van der Waals surface area contributed by atoms with Crippen molar-refractivity contribution in [3.8, 4) is 11.5 Å². The Bertz CT molecular complexity index is 1110. The summed E-state index contributed by atoms with van der Waals surface area (Å²) >= 11 is 3.14. The summed E-state index contributed by atoms with van der Waals surface area (Å²) in [6.45, 7) is 4.03. The highest BCUT2D eigenvalue weighted by Gasteiger charge is 2.35. The number of nitrogens with zero attached hydrogens (tertiary/aromatic N) is 2. The van der Waals surface area contributed by atoms with Crippen molar-refractivity contribution in [2.24, 2.45) is 0 Å². The molecule has 178 valence electrons. The first-order chi connectivity index (χ1) is 16.4. The van der Waals surface area contributed by atoms with Gasteiger partial charge < -0.3 is 14.4 Å². The van der Waals surface area contributed by atoms with Crippen LogP contribution in [0.2, 0.25) is 0 Å². The third kappa shape index (κ3) is 5.93. The lowest BCUT2D eigenvalue weighted by Crippen LogP contribution is -2.32. The van der Waals surface area contributed by atoms with Crippen molar-refractivity contribution in [1.82, 2.24) is 9.80 Å². The van der Waals surface area contributed by atoms with Crippen LogP contribution in [0.1, 0.15) is 30.9 Å². The summed E-state index contributed by atoms with van der Waals surface area (Å²) in [5, 5.41) is -0.291. The molecule has 2 aromatic rings. The van der Waals surface area contributed by atoms with Gasteiger partial charge in [0.25, 0.3) is 17.1 Å². The van der Waals surface area contributed by atoms with Gasteiger partial charge in [-0.15, -0.1) is 0 Å². The van der Waals surface area contributed by atoms with Gasteiger partial charge >= 0.3 is 0 Å². The van der Waals surface area contributed by atoms with E-state index in [1.54, 1.807) is 29.2 Å². The molecule has 0 N–H and O–H groups in total. The second kappa shape index (κ2) is 11.3. The molecule has 0 spiro atoms. The van der Waals surface area contributed by atoms with E-state index >= 15 is 0 Å². The maximum atomic E-state index is 12.9. The number of hydrogen-bond donors (Lipinski definition) is 0. The van der Waals surface area contributed by atoms with Crippen LogP contribution in [0.4, 0.5) is 4.79 Å². The number of hydrogen-bond acceptors (Lipinski definition) is 6. The Morgan fingerprint density at radius 2 is 1.79 bits per heavy atom. The lowest BCUT2D eigenvalue weighted by molar-refractivity contribution is -0.132. The van der Waals surface area contributed by atoms with Crippen LogP contribution in [0.25, 0.3) is 6.08 Å². The number of carbonyl (C=O) groups is 3. The molecule has 34 heavy (non-hydrogen) atoms. The smallest absolute Gasteiger partial charge is 0.293 e. The molecule has 0 aliphatic carbocycles. The monoisotopic (exact) mass is 592 g/mol. The van der Waals surface area contributed by atoms with Crippen molar-refractivity contribution in [3.63, 3.8) is 0 Å². The standard InChI is InChI=1S/C25H25IN2O5S/c1-2-32-21-13-18(7-10-20(21)33-16-23(29)27-11-3-4-12-27)14-22-24(30)28(25(31)34-22)15-17-5-8-19(26)9-6-17/h5-10,13-14H,2-4,11-12,15-16H2,1H3/b22-14-. The molecule has 0 saturated carbocycles. The number of rotatable bonds is 8. The number of ether oxygens (including phenoxy) is 2. The van der Waals surface area contributed by atoms with E-state index in [2.05, 4.69) is 22.6 Å². The zero-order valence-corrected chi connectivity index (χ0v) is 21.8. The summed E-state index contributed by atoms with van der Waals surface area (Å²) in [5.74, 6) is 0.607. The number of likely N-dealkylation sites (tertiary alicyclic amines) is 1. The van der Waals surface area contributed by atoms with E-state index in [-0.39, 0.29) is 30.2 Å². The van der Waals surface area contributed by atoms with Crippen LogP contribution >= 0.6 is 34.4 Å². The van der Waals surface area contributed by atoms with Crippen LogP contribution in [-0.2, 0) is 16.1 Å². The average Bonchev–Trinajstić information content (AvgIpc) is 3.45. The SMILES string of the molecule is CCOc1cc(/C=C2\SC(=O)N(Cc3ccc(I)cc3)C2=O)ccc1OCC(=O)N1CCCC1. The van der Waals surface area contributed by atoms with E-state index in [1.165, 1.54) is 4.90 Å². The van der Waals surface area contributed by atoms with E-state index in [9.17, 15) is 14.4 Å². The molecule has 0 bridgehead atoms. The molecular weight excluding hydrogens is 567 g/mol. The average molecular weight is 592 g/mol. The van der Waals surface area contributed by atoms with Crippen LogP contribution in [0.3, 0.4) is 0 Å². The van der Waals surface area contributed by atoms with Gasteiger partial charge in [0.15, 0.2) is 18.1 Å². The molecule has 2 aliphatic rings. The topological polar surface area (TPSA) is 76.1 Å². The molecule has 0 unspecified atom stereocenters. The first-order valence-corrected chi connectivity index (χ1v) is 13.0. The van der Waals surface area contributed by atoms with Crippen molar-refractivity contribution in [1.29, 1.82) is 0 Å². The van der Waals surface area contributed by atoms with Gasteiger partial charge in [-0.2, -0.15) is 0 Å². The lowest BCUT2D eigenvalue weighted by Gasteiger charge is -2.17. The number of imide groups is 1. The van der Waals surface area contributed by atoms with Gasteiger partial charge in [-0.3, -0.25) is 19.3 Å². The van der Waals surface area contributed by atoms with Gasteiger partial charge in [0.2, 0.25) is 0 Å². The van der Waals surface area contributed by atoms with E-state index < -0.39 is 0 Å². The Balaban J connectivity index is 1.46. The number of amides is 3. The van der Waals surface area contributed by atoms with Crippen molar-refractivity contribution in [3.05, 3.63) is 62.1 Å². The summed E-state index contributed by atoms with van der Waals surface area (Å²) in [6.07, 6.45) is 3.74. The van der Waals surface area contributed by atoms with Gasteiger partial charge in [0.05, 0.1) is 18.1 Å². The molecule has 2 aromatic carbocycles. The Hall–Kier alpha value is -2.53. The molecular formula is C25H25IN2O5S. The quantitative estimate of drug-likeness (QED) is 0.320. The zero-order valence-electron chi connectivity index (χ0n) is 18.8. The van der Waals surface area contributed by atoms with Gasteiger partial charge in [-0.1, -0.05) is 18.2 Å². The predicted molar refractivity (Wildman–Crippen MR) is 140 cm³/mol. The Morgan fingerprint density at radius 1 is 1.06 bits per heavy atom. The third-order valence-corrected chi connectivity index (χ3v) is 7.13. The Labute approximate surface area is 216 Å². The van der Waals surface area contributed by atoms with E-state index in [4.69, 9.17) is 9.47 Å². The van der Waals surface area contributed by atoms with Crippen molar-refractivity contribution in [2.45, 2.75) is 26.3 Å². The molecule has 2 fully saturated rings. The second-order valence-electron chi connectivity index (χ2n) is 7.91. The van der Waals surface area contributed by atoms with Crippen LogP contribution < -0.4 is 9.47 Å². The summed E-state index contributed by atoms with van der Waals surface area (Å²) in [4.78, 5) is 41.1. The van der Waals surface area contributed by atoms with Crippen LogP contribution in [0.15, 0.2) is 47.4 Å². The fourth-order valence-electron chi connectivity index (χ4n) is 3.76. The minimum Gasteiger partial charge on any atom is -0.490 e. The molecule has 0 radical (unpaired) electrons. The predicted octanol–water partition coefficient (Wildman–Crippen LogP) is 4.93. The van der Waals surface area contributed by atoms with Gasteiger partial charge in [0.1, 0.15) is 0 Å². The van der Waals surface area contributed by atoms with E-state index in [1.807, 2.05) is 31.2 Å². The summed E-state index contributed by atoms with van der Waals surface area (Å²) in [5.41, 5.74) is 1.61. The second-order valence-corrected chi connectivity index (χ2v) is 10.1. The van der Waals surface area contributed by atoms with Crippen molar-refractivity contribution in [2.75, 3.05) is 26.3 Å². The minimum absolute atomic E-state index is 0.0363. The molecule has 0 atom stereocenters. The highest BCUT2D eigenvalue weighted by atomic mass is 127. The van der Waals surface area contributed by atoms with Crippen molar-refractivity contribution >= 4 is 57.5 Å². The maximum Gasteiger partial charge on any atom is 0.293 e. The van der Waals surface area contributed by atoms with E-state index in [0.717, 1.165) is 46.8 Å². The number of carbonyl (C=O) groups excluding carboxylic acids is 3. The fourth-order valence-corrected chi connectivity index (χ4v) is 4.96. The van der Waals surface area contributed by atoms with Gasteiger partial charge in [0, 0.05) is 16.7 Å².